The Bertz CT molecular complexity index is 588. The van der Waals surface area contributed by atoms with Gasteiger partial charge in [-0.15, -0.1) is 0 Å². The van der Waals surface area contributed by atoms with Crippen LogP contribution in [0.15, 0.2) is 30.3 Å². The Morgan fingerprint density at radius 1 is 1.30 bits per heavy atom. The first kappa shape index (κ1) is 20.1. The van der Waals surface area contributed by atoms with E-state index in [9.17, 15) is 4.79 Å². The van der Waals surface area contributed by atoms with Crippen LogP contribution in [0.25, 0.3) is 0 Å². The second-order valence-corrected chi connectivity index (χ2v) is 7.99. The molecule has 2 fully saturated rings. The van der Waals surface area contributed by atoms with Crippen LogP contribution in [0.5, 0.6) is 0 Å². The molecule has 6 heteroatoms. The lowest BCUT2D eigenvalue weighted by atomic mass is 9.88. The molecule has 1 aromatic rings. The standard InChI is InChI=1S/C21H33N3O3/c1-23(2)21(9-12-26-13-10-21)17-22-20(25)24-11-8-19(14-24)16-27-15-18-6-4-3-5-7-18/h3-7,19H,8-17H2,1-2H3,(H,22,25). The summed E-state index contributed by atoms with van der Waals surface area (Å²) < 4.78 is 11.4. The van der Waals surface area contributed by atoms with Gasteiger partial charge in [-0.3, -0.25) is 0 Å². The Hall–Kier alpha value is -1.63. The van der Waals surface area contributed by atoms with Crippen molar-refractivity contribution in [2.45, 2.75) is 31.4 Å². The first-order valence-corrected chi connectivity index (χ1v) is 9.99. The zero-order valence-electron chi connectivity index (χ0n) is 16.7. The monoisotopic (exact) mass is 375 g/mol. The molecule has 2 amide bonds. The Labute approximate surface area is 162 Å². The summed E-state index contributed by atoms with van der Waals surface area (Å²) in [6.07, 6.45) is 2.92. The molecule has 2 aliphatic heterocycles. The molecule has 0 aliphatic carbocycles. The minimum absolute atomic E-state index is 0.00578. The zero-order valence-corrected chi connectivity index (χ0v) is 16.7. The number of urea groups is 1. The predicted octanol–water partition coefficient (Wildman–Crippen LogP) is 2.35. The van der Waals surface area contributed by atoms with Gasteiger partial charge in [0.2, 0.25) is 0 Å². The number of ether oxygens (including phenoxy) is 2. The molecule has 6 nitrogen and oxygen atoms in total. The fourth-order valence-electron chi connectivity index (χ4n) is 3.96. The number of hydrogen-bond donors (Lipinski definition) is 1. The van der Waals surface area contributed by atoms with Crippen LogP contribution in [-0.2, 0) is 16.1 Å². The summed E-state index contributed by atoms with van der Waals surface area (Å²) in [7, 11) is 4.18. The summed E-state index contributed by atoms with van der Waals surface area (Å²) in [4.78, 5) is 16.8. The number of benzene rings is 1. The predicted molar refractivity (Wildman–Crippen MR) is 106 cm³/mol. The second kappa shape index (κ2) is 9.53. The molecule has 2 saturated heterocycles. The molecule has 1 N–H and O–H groups in total. The van der Waals surface area contributed by atoms with Crippen LogP contribution >= 0.6 is 0 Å². The minimum atomic E-state index is 0.00578. The molecule has 1 atom stereocenters. The number of rotatable bonds is 7. The highest BCUT2D eigenvalue weighted by atomic mass is 16.5. The van der Waals surface area contributed by atoms with Crippen LogP contribution in [0.4, 0.5) is 4.79 Å². The highest BCUT2D eigenvalue weighted by molar-refractivity contribution is 5.74. The number of amides is 2. The van der Waals surface area contributed by atoms with Crippen LogP contribution < -0.4 is 5.32 Å². The van der Waals surface area contributed by atoms with Crippen LogP contribution in [0, 0.1) is 5.92 Å². The Morgan fingerprint density at radius 2 is 2.04 bits per heavy atom. The van der Waals surface area contributed by atoms with E-state index in [1.807, 2.05) is 23.1 Å². The lowest BCUT2D eigenvalue weighted by Gasteiger charge is -2.43. The fourth-order valence-corrected chi connectivity index (χ4v) is 3.96. The third-order valence-electron chi connectivity index (χ3n) is 5.98. The average molecular weight is 376 g/mol. The van der Waals surface area contributed by atoms with E-state index in [0.29, 0.717) is 25.7 Å². The van der Waals surface area contributed by atoms with Gasteiger partial charge in [0.1, 0.15) is 0 Å². The van der Waals surface area contributed by atoms with Gasteiger partial charge in [0.15, 0.2) is 0 Å². The molecule has 0 saturated carbocycles. The third kappa shape index (κ3) is 5.43. The molecule has 1 unspecified atom stereocenters. The molecule has 2 aliphatic rings. The van der Waals surface area contributed by atoms with Crippen LogP contribution in [0.1, 0.15) is 24.8 Å². The van der Waals surface area contributed by atoms with E-state index in [1.165, 1.54) is 5.56 Å². The largest absolute Gasteiger partial charge is 0.381 e. The van der Waals surface area contributed by atoms with E-state index in [2.05, 4.69) is 36.4 Å². The van der Waals surface area contributed by atoms with Crippen LogP contribution in [0.3, 0.4) is 0 Å². The molecule has 1 aromatic carbocycles. The van der Waals surface area contributed by atoms with Crippen molar-refractivity contribution in [1.29, 1.82) is 0 Å². The molecule has 0 radical (unpaired) electrons. The SMILES string of the molecule is CN(C)C1(CNC(=O)N2CCC(COCc3ccccc3)C2)CCOCC1. The number of likely N-dealkylation sites (N-methyl/N-ethyl adjacent to an activating group) is 1. The average Bonchev–Trinajstić information content (AvgIpc) is 3.16. The van der Waals surface area contributed by atoms with Gasteiger partial charge < -0.3 is 24.6 Å². The van der Waals surface area contributed by atoms with Crippen molar-refractivity contribution < 1.29 is 14.3 Å². The molecule has 27 heavy (non-hydrogen) atoms. The second-order valence-electron chi connectivity index (χ2n) is 7.99. The first-order valence-electron chi connectivity index (χ1n) is 9.99. The molecule has 0 spiro atoms. The van der Waals surface area contributed by atoms with E-state index in [0.717, 1.165) is 45.6 Å². The fraction of sp³-hybridized carbons (Fsp3) is 0.667. The van der Waals surface area contributed by atoms with E-state index in [4.69, 9.17) is 9.47 Å². The number of nitrogens with zero attached hydrogens (tertiary/aromatic N) is 2. The molecule has 0 aromatic heterocycles. The maximum atomic E-state index is 12.6. The van der Waals surface area contributed by atoms with Gasteiger partial charge in [-0.2, -0.15) is 0 Å². The van der Waals surface area contributed by atoms with Crippen molar-refractivity contribution in [2.75, 3.05) is 53.6 Å². The Morgan fingerprint density at radius 3 is 2.74 bits per heavy atom. The van der Waals surface area contributed by atoms with E-state index in [1.54, 1.807) is 0 Å². The van der Waals surface area contributed by atoms with Crippen molar-refractivity contribution in [1.82, 2.24) is 15.1 Å². The summed E-state index contributed by atoms with van der Waals surface area (Å²) >= 11 is 0. The number of carbonyl (C=O) groups excluding carboxylic acids is 1. The Balaban J connectivity index is 1.39. The number of carbonyl (C=O) groups is 1. The van der Waals surface area contributed by atoms with Crippen molar-refractivity contribution in [2.24, 2.45) is 5.92 Å². The Kier molecular flexibility index (Phi) is 7.10. The van der Waals surface area contributed by atoms with Crippen LogP contribution in [0.2, 0.25) is 0 Å². The quantitative estimate of drug-likeness (QED) is 0.795. The maximum Gasteiger partial charge on any atom is 0.317 e. The topological polar surface area (TPSA) is 54.0 Å². The van der Waals surface area contributed by atoms with Crippen molar-refractivity contribution in [3.05, 3.63) is 35.9 Å². The number of nitrogens with one attached hydrogen (secondary N) is 1. The molecular formula is C21H33N3O3. The van der Waals surface area contributed by atoms with Crippen molar-refractivity contribution in [3.8, 4) is 0 Å². The molecule has 3 rings (SSSR count). The molecule has 0 bridgehead atoms. The molecule has 150 valence electrons. The van der Waals surface area contributed by atoms with Gasteiger partial charge in [-0.05, 0) is 38.9 Å². The highest BCUT2D eigenvalue weighted by Gasteiger charge is 2.36. The smallest absolute Gasteiger partial charge is 0.317 e. The van der Waals surface area contributed by atoms with Gasteiger partial charge in [0, 0.05) is 44.3 Å². The summed E-state index contributed by atoms with van der Waals surface area (Å²) in [6, 6.07) is 10.3. The van der Waals surface area contributed by atoms with Gasteiger partial charge in [-0.25, -0.2) is 4.79 Å². The lowest BCUT2D eigenvalue weighted by molar-refractivity contribution is -0.00616. The van der Waals surface area contributed by atoms with Gasteiger partial charge in [-0.1, -0.05) is 30.3 Å². The summed E-state index contributed by atoms with van der Waals surface area (Å²) in [5.41, 5.74) is 1.20. The van der Waals surface area contributed by atoms with E-state index < -0.39 is 0 Å². The summed E-state index contributed by atoms with van der Waals surface area (Å²) in [5, 5.41) is 3.17. The van der Waals surface area contributed by atoms with Gasteiger partial charge >= 0.3 is 6.03 Å². The normalized spacial score (nSPS) is 22.2. The van der Waals surface area contributed by atoms with Gasteiger partial charge in [0.05, 0.1) is 13.2 Å². The van der Waals surface area contributed by atoms with Crippen LogP contribution in [-0.4, -0.2) is 74.9 Å². The molecular weight excluding hydrogens is 342 g/mol. The van der Waals surface area contributed by atoms with Gasteiger partial charge in [0.25, 0.3) is 0 Å². The van der Waals surface area contributed by atoms with Crippen molar-refractivity contribution in [3.63, 3.8) is 0 Å². The van der Waals surface area contributed by atoms with Crippen molar-refractivity contribution >= 4 is 6.03 Å². The highest BCUT2D eigenvalue weighted by Crippen LogP contribution is 2.25. The lowest BCUT2D eigenvalue weighted by Crippen LogP contribution is -2.57. The molecule has 2 heterocycles. The summed E-state index contributed by atoms with van der Waals surface area (Å²) in [6.45, 7) is 5.13. The summed E-state index contributed by atoms with van der Waals surface area (Å²) in [5.74, 6) is 0.422. The van der Waals surface area contributed by atoms with E-state index >= 15 is 0 Å². The number of hydrogen-bond acceptors (Lipinski definition) is 4. The van der Waals surface area contributed by atoms with E-state index in [-0.39, 0.29) is 11.6 Å². The minimum Gasteiger partial charge on any atom is -0.381 e. The zero-order chi connectivity index (χ0) is 19.1. The maximum absolute atomic E-state index is 12.6. The third-order valence-corrected chi connectivity index (χ3v) is 5.98. The first-order chi connectivity index (χ1) is 13.1. The number of likely N-dealkylation sites (tertiary alicyclic amines) is 1.